The third kappa shape index (κ3) is 6.36. The van der Waals surface area contributed by atoms with Gasteiger partial charge in [-0.05, 0) is 25.2 Å². The summed E-state index contributed by atoms with van der Waals surface area (Å²) in [7, 11) is 0. The minimum absolute atomic E-state index is 0.236. The molecule has 0 heterocycles. The van der Waals surface area contributed by atoms with E-state index in [0.717, 1.165) is 32.1 Å². The van der Waals surface area contributed by atoms with Gasteiger partial charge < -0.3 is 15.7 Å². The van der Waals surface area contributed by atoms with Crippen LogP contribution in [0.25, 0.3) is 0 Å². The maximum atomic E-state index is 11.7. The Labute approximate surface area is 127 Å². The number of carboxylic acid groups (broad SMARTS) is 1. The predicted molar refractivity (Wildman–Crippen MR) is 83.2 cm³/mol. The van der Waals surface area contributed by atoms with Crippen molar-refractivity contribution in [2.45, 2.75) is 65.2 Å². The van der Waals surface area contributed by atoms with Crippen molar-refractivity contribution in [3.05, 3.63) is 0 Å². The van der Waals surface area contributed by atoms with E-state index in [1.54, 1.807) is 0 Å². The van der Waals surface area contributed by atoms with Crippen molar-refractivity contribution >= 4 is 12.0 Å². The topological polar surface area (TPSA) is 78.4 Å². The van der Waals surface area contributed by atoms with Gasteiger partial charge in [0.25, 0.3) is 0 Å². The third-order valence-electron chi connectivity index (χ3n) is 4.35. The molecule has 2 amide bonds. The van der Waals surface area contributed by atoms with Gasteiger partial charge in [-0.2, -0.15) is 0 Å². The second kappa shape index (κ2) is 8.90. The lowest BCUT2D eigenvalue weighted by Gasteiger charge is -2.33. The van der Waals surface area contributed by atoms with Crippen LogP contribution < -0.4 is 10.6 Å². The highest BCUT2D eigenvalue weighted by Crippen LogP contribution is 2.35. The number of urea groups is 1. The summed E-state index contributed by atoms with van der Waals surface area (Å²) >= 11 is 0. The van der Waals surface area contributed by atoms with E-state index in [1.807, 2.05) is 0 Å². The van der Waals surface area contributed by atoms with Crippen molar-refractivity contribution in [1.29, 1.82) is 0 Å². The summed E-state index contributed by atoms with van der Waals surface area (Å²) in [5.41, 5.74) is -0.757. The van der Waals surface area contributed by atoms with Crippen LogP contribution in [0.5, 0.6) is 0 Å². The van der Waals surface area contributed by atoms with Gasteiger partial charge in [0.05, 0.1) is 5.41 Å². The number of amides is 2. The van der Waals surface area contributed by atoms with Crippen molar-refractivity contribution in [1.82, 2.24) is 10.6 Å². The van der Waals surface area contributed by atoms with Gasteiger partial charge in [0.1, 0.15) is 0 Å². The fourth-order valence-corrected chi connectivity index (χ4v) is 2.89. The molecular weight excluding hydrogens is 268 g/mol. The number of nitrogens with one attached hydrogen (secondary N) is 2. The Kier molecular flexibility index (Phi) is 7.54. The summed E-state index contributed by atoms with van der Waals surface area (Å²) in [5.74, 6) is -0.0833. The van der Waals surface area contributed by atoms with E-state index in [4.69, 9.17) is 0 Å². The van der Waals surface area contributed by atoms with Crippen molar-refractivity contribution < 1.29 is 14.7 Å². The zero-order valence-electron chi connectivity index (χ0n) is 13.4. The van der Waals surface area contributed by atoms with E-state index in [2.05, 4.69) is 24.5 Å². The Morgan fingerprint density at radius 2 is 1.76 bits per heavy atom. The molecule has 5 heteroatoms. The van der Waals surface area contributed by atoms with Gasteiger partial charge >= 0.3 is 12.0 Å². The second-order valence-corrected chi connectivity index (χ2v) is 6.65. The minimum Gasteiger partial charge on any atom is -0.481 e. The number of hydrogen-bond donors (Lipinski definition) is 3. The smallest absolute Gasteiger partial charge is 0.314 e. The highest BCUT2D eigenvalue weighted by molar-refractivity contribution is 5.78. The van der Waals surface area contributed by atoms with Gasteiger partial charge in [-0.1, -0.05) is 46.0 Å². The molecule has 0 atom stereocenters. The first-order valence-corrected chi connectivity index (χ1v) is 8.21. The minimum atomic E-state index is -0.778. The van der Waals surface area contributed by atoms with E-state index in [9.17, 15) is 14.7 Å². The molecule has 0 bridgehead atoms. The first-order chi connectivity index (χ1) is 9.96. The summed E-state index contributed by atoms with van der Waals surface area (Å²) in [5, 5.41) is 15.0. The van der Waals surface area contributed by atoms with Gasteiger partial charge in [0, 0.05) is 13.1 Å². The first kappa shape index (κ1) is 17.8. The molecule has 1 saturated carbocycles. The van der Waals surface area contributed by atoms with Crippen LogP contribution in [0.4, 0.5) is 4.79 Å². The number of aliphatic carboxylic acids is 1. The van der Waals surface area contributed by atoms with Crippen LogP contribution in [0.3, 0.4) is 0 Å². The molecule has 5 nitrogen and oxygen atoms in total. The van der Waals surface area contributed by atoms with E-state index in [1.165, 1.54) is 6.42 Å². The van der Waals surface area contributed by atoms with Crippen molar-refractivity contribution in [3.63, 3.8) is 0 Å². The molecule has 0 aromatic rings. The lowest BCUT2D eigenvalue weighted by molar-refractivity contribution is -0.150. The van der Waals surface area contributed by atoms with E-state index < -0.39 is 11.4 Å². The normalized spacial score (nSPS) is 17.5. The van der Waals surface area contributed by atoms with Crippen molar-refractivity contribution in [2.24, 2.45) is 11.3 Å². The molecular formula is C16H30N2O3. The molecule has 3 N–H and O–H groups in total. The van der Waals surface area contributed by atoms with Crippen LogP contribution in [0, 0.1) is 11.3 Å². The van der Waals surface area contributed by atoms with Gasteiger partial charge in [0.2, 0.25) is 0 Å². The first-order valence-electron chi connectivity index (χ1n) is 8.21. The SMILES string of the molecule is CC(C)CCCCNC(=O)NCC1(C(=O)O)CCCCC1. The Morgan fingerprint density at radius 1 is 1.10 bits per heavy atom. The summed E-state index contributed by atoms with van der Waals surface area (Å²) < 4.78 is 0. The molecule has 122 valence electrons. The number of rotatable bonds is 8. The number of hydrogen-bond acceptors (Lipinski definition) is 2. The number of carbonyl (C=O) groups is 2. The number of carboxylic acids is 1. The van der Waals surface area contributed by atoms with E-state index in [0.29, 0.717) is 25.3 Å². The maximum absolute atomic E-state index is 11.7. The monoisotopic (exact) mass is 298 g/mol. The molecule has 0 radical (unpaired) electrons. The Morgan fingerprint density at radius 3 is 2.33 bits per heavy atom. The fraction of sp³-hybridized carbons (Fsp3) is 0.875. The van der Waals surface area contributed by atoms with Crippen LogP contribution in [0.2, 0.25) is 0 Å². The molecule has 1 fully saturated rings. The maximum Gasteiger partial charge on any atom is 0.314 e. The molecule has 21 heavy (non-hydrogen) atoms. The largest absolute Gasteiger partial charge is 0.481 e. The van der Waals surface area contributed by atoms with Crippen molar-refractivity contribution in [3.8, 4) is 0 Å². The van der Waals surface area contributed by atoms with Gasteiger partial charge in [-0.15, -0.1) is 0 Å². The molecule has 1 aliphatic rings. The summed E-state index contributed by atoms with van der Waals surface area (Å²) in [6.07, 6.45) is 7.54. The molecule has 1 rings (SSSR count). The Hall–Kier alpha value is -1.26. The molecule has 0 spiro atoms. The van der Waals surface area contributed by atoms with Crippen LogP contribution in [-0.4, -0.2) is 30.2 Å². The number of carbonyl (C=O) groups excluding carboxylic acids is 1. The molecule has 0 aliphatic heterocycles. The fourth-order valence-electron chi connectivity index (χ4n) is 2.89. The quantitative estimate of drug-likeness (QED) is 0.602. The molecule has 1 aliphatic carbocycles. The van der Waals surface area contributed by atoms with Crippen LogP contribution in [0.1, 0.15) is 65.2 Å². The Balaban J connectivity index is 2.23. The summed E-state index contributed by atoms with van der Waals surface area (Å²) in [6, 6.07) is -0.245. The highest BCUT2D eigenvalue weighted by atomic mass is 16.4. The van der Waals surface area contributed by atoms with Gasteiger partial charge in [0.15, 0.2) is 0 Å². The van der Waals surface area contributed by atoms with Crippen LogP contribution in [0.15, 0.2) is 0 Å². The van der Waals surface area contributed by atoms with Crippen LogP contribution in [-0.2, 0) is 4.79 Å². The van der Waals surface area contributed by atoms with E-state index >= 15 is 0 Å². The molecule has 0 aromatic carbocycles. The zero-order chi connectivity index (χ0) is 15.7. The Bertz CT molecular complexity index is 336. The van der Waals surface area contributed by atoms with Gasteiger partial charge in [-0.25, -0.2) is 4.79 Å². The zero-order valence-corrected chi connectivity index (χ0v) is 13.4. The standard InChI is InChI=1S/C16H30N2O3/c1-13(2)8-4-7-11-17-15(21)18-12-16(14(19)20)9-5-3-6-10-16/h13H,3-12H2,1-2H3,(H,19,20)(H2,17,18,21). The summed E-state index contributed by atoms with van der Waals surface area (Å²) in [4.78, 5) is 23.2. The van der Waals surface area contributed by atoms with Crippen molar-refractivity contribution in [2.75, 3.05) is 13.1 Å². The number of unbranched alkanes of at least 4 members (excludes halogenated alkanes) is 1. The van der Waals surface area contributed by atoms with E-state index in [-0.39, 0.29) is 12.6 Å². The third-order valence-corrected chi connectivity index (χ3v) is 4.35. The molecule has 0 unspecified atom stereocenters. The van der Waals surface area contributed by atoms with Gasteiger partial charge in [-0.3, -0.25) is 4.79 Å². The lowest BCUT2D eigenvalue weighted by atomic mass is 9.74. The molecule has 0 saturated heterocycles. The average molecular weight is 298 g/mol. The highest BCUT2D eigenvalue weighted by Gasteiger charge is 2.39. The van der Waals surface area contributed by atoms with Crippen LogP contribution >= 0.6 is 0 Å². The molecule has 0 aromatic heterocycles. The predicted octanol–water partition coefficient (Wildman–Crippen LogP) is 3.15. The lowest BCUT2D eigenvalue weighted by Crippen LogP contribution is -2.47. The average Bonchev–Trinajstić information content (AvgIpc) is 2.45. The second-order valence-electron chi connectivity index (χ2n) is 6.65. The summed E-state index contributed by atoms with van der Waals surface area (Å²) in [6.45, 7) is 5.27.